The van der Waals surface area contributed by atoms with E-state index in [9.17, 15) is 4.79 Å². The molecule has 1 fully saturated rings. The zero-order chi connectivity index (χ0) is 8.27. The van der Waals surface area contributed by atoms with Crippen molar-refractivity contribution in [2.24, 2.45) is 0 Å². The second-order valence-corrected chi connectivity index (χ2v) is 2.65. The van der Waals surface area contributed by atoms with E-state index in [1.54, 1.807) is 0 Å². The Morgan fingerprint density at radius 1 is 1.73 bits per heavy atom. The maximum Gasteiger partial charge on any atom is 0.336 e. The highest BCUT2D eigenvalue weighted by Crippen LogP contribution is 2.01. The van der Waals surface area contributed by atoms with E-state index in [-0.39, 0.29) is 5.97 Å². The van der Waals surface area contributed by atoms with Gasteiger partial charge in [0.25, 0.3) is 0 Å². The molecule has 1 rings (SSSR count). The van der Waals surface area contributed by atoms with Crippen LogP contribution in [0, 0.1) is 0 Å². The SMILES string of the molecule is COC(=O)[C@H]1CN[C@@H](C)CO1. The van der Waals surface area contributed by atoms with Gasteiger partial charge >= 0.3 is 5.97 Å². The number of methoxy groups -OCH3 is 1. The van der Waals surface area contributed by atoms with Crippen LogP contribution >= 0.6 is 0 Å². The molecule has 0 spiro atoms. The first-order valence-electron chi connectivity index (χ1n) is 3.67. The molecule has 0 aromatic carbocycles. The maximum absolute atomic E-state index is 10.9. The van der Waals surface area contributed by atoms with E-state index in [2.05, 4.69) is 10.1 Å². The molecule has 1 aliphatic heterocycles. The van der Waals surface area contributed by atoms with E-state index >= 15 is 0 Å². The number of hydrogen-bond donors (Lipinski definition) is 1. The molecule has 0 amide bonds. The Hall–Kier alpha value is -0.610. The Balaban J connectivity index is 2.33. The highest BCUT2D eigenvalue weighted by molar-refractivity contribution is 5.74. The van der Waals surface area contributed by atoms with Crippen LogP contribution in [0.3, 0.4) is 0 Å². The van der Waals surface area contributed by atoms with Crippen molar-refractivity contribution < 1.29 is 14.3 Å². The molecule has 4 heteroatoms. The highest BCUT2D eigenvalue weighted by atomic mass is 16.6. The number of nitrogens with one attached hydrogen (secondary N) is 1. The number of rotatable bonds is 1. The van der Waals surface area contributed by atoms with Crippen LogP contribution in [0.15, 0.2) is 0 Å². The van der Waals surface area contributed by atoms with Crippen LogP contribution in [-0.2, 0) is 14.3 Å². The minimum atomic E-state index is -0.420. The van der Waals surface area contributed by atoms with Crippen molar-refractivity contribution in [1.82, 2.24) is 5.32 Å². The van der Waals surface area contributed by atoms with Gasteiger partial charge in [0.2, 0.25) is 0 Å². The molecule has 0 unspecified atom stereocenters. The fourth-order valence-electron chi connectivity index (χ4n) is 0.969. The summed E-state index contributed by atoms with van der Waals surface area (Å²) < 4.78 is 9.73. The zero-order valence-electron chi connectivity index (χ0n) is 6.79. The molecule has 1 aliphatic rings. The molecular weight excluding hydrogens is 146 g/mol. The zero-order valence-corrected chi connectivity index (χ0v) is 6.79. The first-order chi connectivity index (χ1) is 5.24. The van der Waals surface area contributed by atoms with E-state index < -0.39 is 6.10 Å². The van der Waals surface area contributed by atoms with Gasteiger partial charge in [-0.05, 0) is 6.92 Å². The largest absolute Gasteiger partial charge is 0.467 e. The minimum absolute atomic E-state index is 0.301. The van der Waals surface area contributed by atoms with Crippen LogP contribution in [-0.4, -0.2) is 38.4 Å². The Morgan fingerprint density at radius 3 is 2.91 bits per heavy atom. The Bertz CT molecular complexity index is 141. The summed E-state index contributed by atoms with van der Waals surface area (Å²) >= 11 is 0. The lowest BCUT2D eigenvalue weighted by Gasteiger charge is -2.26. The van der Waals surface area contributed by atoms with E-state index in [4.69, 9.17) is 4.74 Å². The third-order valence-corrected chi connectivity index (χ3v) is 1.66. The van der Waals surface area contributed by atoms with E-state index in [0.717, 1.165) is 0 Å². The van der Waals surface area contributed by atoms with Crippen LogP contribution in [0.4, 0.5) is 0 Å². The van der Waals surface area contributed by atoms with E-state index in [1.165, 1.54) is 7.11 Å². The minimum Gasteiger partial charge on any atom is -0.467 e. The molecule has 4 nitrogen and oxygen atoms in total. The number of hydrogen-bond acceptors (Lipinski definition) is 4. The van der Waals surface area contributed by atoms with Crippen LogP contribution in [0.2, 0.25) is 0 Å². The Morgan fingerprint density at radius 2 is 2.45 bits per heavy atom. The maximum atomic E-state index is 10.9. The second-order valence-electron chi connectivity index (χ2n) is 2.65. The molecular formula is C7H13NO3. The summed E-state index contributed by atoms with van der Waals surface area (Å²) in [5.74, 6) is -0.301. The summed E-state index contributed by atoms with van der Waals surface area (Å²) in [6.07, 6.45) is -0.420. The van der Waals surface area contributed by atoms with E-state index in [0.29, 0.717) is 19.2 Å². The van der Waals surface area contributed by atoms with Crippen molar-refractivity contribution >= 4 is 5.97 Å². The molecule has 0 saturated carbocycles. The molecule has 11 heavy (non-hydrogen) atoms. The van der Waals surface area contributed by atoms with Gasteiger partial charge in [-0.3, -0.25) is 0 Å². The van der Waals surface area contributed by atoms with Crippen LogP contribution < -0.4 is 5.32 Å². The molecule has 0 bridgehead atoms. The fourth-order valence-corrected chi connectivity index (χ4v) is 0.969. The fraction of sp³-hybridized carbons (Fsp3) is 0.857. The third kappa shape index (κ3) is 2.17. The molecule has 0 aromatic rings. The van der Waals surface area contributed by atoms with Gasteiger partial charge in [0.1, 0.15) is 0 Å². The monoisotopic (exact) mass is 159 g/mol. The molecule has 1 saturated heterocycles. The summed E-state index contributed by atoms with van der Waals surface area (Å²) in [6, 6.07) is 0.330. The van der Waals surface area contributed by atoms with Crippen molar-refractivity contribution in [2.45, 2.75) is 19.1 Å². The Labute approximate surface area is 65.9 Å². The topological polar surface area (TPSA) is 47.6 Å². The smallest absolute Gasteiger partial charge is 0.336 e. The van der Waals surface area contributed by atoms with Gasteiger partial charge in [0, 0.05) is 12.6 Å². The summed E-state index contributed by atoms with van der Waals surface area (Å²) in [7, 11) is 1.36. The summed E-state index contributed by atoms with van der Waals surface area (Å²) in [4.78, 5) is 10.9. The first-order valence-corrected chi connectivity index (χ1v) is 3.67. The molecule has 64 valence electrons. The quantitative estimate of drug-likeness (QED) is 0.526. The van der Waals surface area contributed by atoms with Gasteiger partial charge in [0.15, 0.2) is 6.10 Å². The Kier molecular flexibility index (Phi) is 2.84. The number of esters is 1. The van der Waals surface area contributed by atoms with Crippen molar-refractivity contribution in [1.29, 1.82) is 0 Å². The first kappa shape index (κ1) is 8.49. The number of carbonyl (C=O) groups is 1. The molecule has 1 N–H and O–H groups in total. The third-order valence-electron chi connectivity index (χ3n) is 1.66. The van der Waals surface area contributed by atoms with Crippen LogP contribution in [0.25, 0.3) is 0 Å². The second kappa shape index (κ2) is 3.69. The van der Waals surface area contributed by atoms with Crippen molar-refractivity contribution in [3.63, 3.8) is 0 Å². The summed E-state index contributed by atoms with van der Waals surface area (Å²) in [5.41, 5.74) is 0. The van der Waals surface area contributed by atoms with Gasteiger partial charge in [-0.2, -0.15) is 0 Å². The van der Waals surface area contributed by atoms with Gasteiger partial charge in [-0.1, -0.05) is 0 Å². The van der Waals surface area contributed by atoms with Crippen molar-refractivity contribution in [2.75, 3.05) is 20.3 Å². The molecule has 0 aromatic heterocycles. The number of carbonyl (C=O) groups excluding carboxylic acids is 1. The van der Waals surface area contributed by atoms with Crippen molar-refractivity contribution in [3.05, 3.63) is 0 Å². The average Bonchev–Trinajstić information content (AvgIpc) is 2.05. The summed E-state index contributed by atoms with van der Waals surface area (Å²) in [5, 5.41) is 3.12. The lowest BCUT2D eigenvalue weighted by atomic mass is 10.2. The number of ether oxygens (including phenoxy) is 2. The van der Waals surface area contributed by atoms with Crippen LogP contribution in [0.1, 0.15) is 6.92 Å². The van der Waals surface area contributed by atoms with Gasteiger partial charge in [0.05, 0.1) is 13.7 Å². The number of morpholine rings is 1. The van der Waals surface area contributed by atoms with Crippen LogP contribution in [0.5, 0.6) is 0 Å². The molecule has 1 heterocycles. The average molecular weight is 159 g/mol. The molecule has 2 atom stereocenters. The lowest BCUT2D eigenvalue weighted by molar-refractivity contribution is -0.156. The van der Waals surface area contributed by atoms with Gasteiger partial charge in [-0.25, -0.2) is 4.79 Å². The van der Waals surface area contributed by atoms with Crippen molar-refractivity contribution in [3.8, 4) is 0 Å². The molecule has 0 radical (unpaired) electrons. The van der Waals surface area contributed by atoms with Gasteiger partial charge < -0.3 is 14.8 Å². The predicted molar refractivity (Wildman–Crippen MR) is 39.2 cm³/mol. The predicted octanol–water partition coefficient (Wildman–Crippen LogP) is -0.464. The molecule has 0 aliphatic carbocycles. The lowest BCUT2D eigenvalue weighted by Crippen LogP contribution is -2.48. The normalized spacial score (nSPS) is 31.5. The van der Waals surface area contributed by atoms with E-state index in [1.807, 2.05) is 6.92 Å². The highest BCUT2D eigenvalue weighted by Gasteiger charge is 2.24. The standard InChI is InChI=1S/C7H13NO3/c1-5-4-11-6(3-8-5)7(9)10-2/h5-6,8H,3-4H2,1-2H3/t5-,6+/m0/s1. The summed E-state index contributed by atoms with van der Waals surface area (Å²) in [6.45, 7) is 3.13. The van der Waals surface area contributed by atoms with Gasteiger partial charge in [-0.15, -0.1) is 0 Å².